The lowest BCUT2D eigenvalue weighted by Gasteiger charge is -2.32. The summed E-state index contributed by atoms with van der Waals surface area (Å²) in [7, 11) is 0. The van der Waals surface area contributed by atoms with Crippen molar-refractivity contribution in [3.63, 3.8) is 0 Å². The molecule has 0 aromatic carbocycles. The van der Waals surface area contributed by atoms with E-state index in [9.17, 15) is 13.2 Å². The van der Waals surface area contributed by atoms with Crippen molar-refractivity contribution in [1.82, 2.24) is 19.9 Å². The highest BCUT2D eigenvalue weighted by Crippen LogP contribution is 2.34. The van der Waals surface area contributed by atoms with Crippen LogP contribution in [0.1, 0.15) is 35.7 Å². The molecule has 2 aromatic heterocycles. The minimum absolute atomic E-state index is 0.334. The zero-order chi connectivity index (χ0) is 22.4. The predicted octanol–water partition coefficient (Wildman–Crippen LogP) is 3.68. The summed E-state index contributed by atoms with van der Waals surface area (Å²) < 4.78 is 39.7. The van der Waals surface area contributed by atoms with Crippen LogP contribution in [0.25, 0.3) is 0 Å². The lowest BCUT2D eigenvalue weighted by atomic mass is 9.98. The zero-order valence-corrected chi connectivity index (χ0v) is 17.7. The Labute approximate surface area is 182 Å². The first kappa shape index (κ1) is 23.4. The molecule has 3 heterocycles. The van der Waals surface area contributed by atoms with E-state index in [1.165, 1.54) is 24.1 Å². The number of nitrogens with zero attached hydrogens (tertiary/aromatic N) is 4. The summed E-state index contributed by atoms with van der Waals surface area (Å²) in [5.41, 5.74) is 3.80. The van der Waals surface area contributed by atoms with Crippen molar-refractivity contribution in [2.24, 2.45) is 5.92 Å². The minimum Gasteiger partial charge on any atom is -0.475 e. The van der Waals surface area contributed by atoms with Gasteiger partial charge >= 0.3 is 12.1 Å². The number of carbonyl (C=O) groups is 1. The van der Waals surface area contributed by atoms with Crippen LogP contribution in [0.4, 0.5) is 13.2 Å². The fourth-order valence-corrected chi connectivity index (χ4v) is 4.12. The van der Waals surface area contributed by atoms with Crippen LogP contribution in [-0.2, 0) is 29.2 Å². The van der Waals surface area contributed by atoms with Crippen molar-refractivity contribution in [2.45, 2.75) is 44.6 Å². The van der Waals surface area contributed by atoms with Gasteiger partial charge in [0.05, 0.1) is 18.9 Å². The second kappa shape index (κ2) is 10.4. The summed E-state index contributed by atoms with van der Waals surface area (Å²) in [6, 6.07) is 2.20. The summed E-state index contributed by atoms with van der Waals surface area (Å²) >= 11 is 1.75. The monoisotopic (exact) mass is 458 g/mol. The number of rotatable bonds is 8. The Hall–Kier alpha value is -2.24. The van der Waals surface area contributed by atoms with E-state index in [-0.39, 0.29) is 0 Å². The van der Waals surface area contributed by atoms with Crippen LogP contribution in [0.5, 0.6) is 0 Å². The Balaban J connectivity index is 0.000000339. The Kier molecular flexibility index (Phi) is 7.84. The average molecular weight is 459 g/mol. The lowest BCUT2D eigenvalue weighted by molar-refractivity contribution is -0.192. The molecule has 0 amide bonds. The third kappa shape index (κ3) is 6.88. The molecule has 1 atom stereocenters. The van der Waals surface area contributed by atoms with Gasteiger partial charge in [-0.1, -0.05) is 11.3 Å². The molecule has 0 radical (unpaired) electrons. The Bertz CT molecular complexity index is 866. The largest absolute Gasteiger partial charge is 0.490 e. The predicted molar refractivity (Wildman–Crippen MR) is 109 cm³/mol. The van der Waals surface area contributed by atoms with Crippen LogP contribution in [0.15, 0.2) is 29.5 Å². The number of hydrogen-bond donors (Lipinski definition) is 1. The van der Waals surface area contributed by atoms with Gasteiger partial charge in [-0.2, -0.15) is 24.5 Å². The quantitative estimate of drug-likeness (QED) is 0.480. The minimum atomic E-state index is -5.08. The molecule has 1 fully saturated rings. The second-order valence-corrected chi connectivity index (χ2v) is 8.45. The van der Waals surface area contributed by atoms with E-state index in [1.807, 2.05) is 6.08 Å². The van der Waals surface area contributed by atoms with Gasteiger partial charge in [-0.3, -0.25) is 4.90 Å². The third-order valence-corrected chi connectivity index (χ3v) is 5.73. The molecule has 11 heteroatoms. The van der Waals surface area contributed by atoms with E-state index in [0.717, 1.165) is 37.8 Å². The molecule has 0 bridgehead atoms. The SMILES string of the molecule is C=CCOCC1CN(Cc2ccsc2)Cc2nnn(CC3CC3)c21.O=C(O)C(F)(F)F. The van der Waals surface area contributed by atoms with Crippen LogP contribution in [0.3, 0.4) is 0 Å². The molecular formula is C20H25F3N4O3S. The highest BCUT2D eigenvalue weighted by atomic mass is 32.1. The number of thiophene rings is 1. The number of alkyl halides is 3. The van der Waals surface area contributed by atoms with Gasteiger partial charge in [0.1, 0.15) is 5.69 Å². The van der Waals surface area contributed by atoms with Crippen LogP contribution < -0.4 is 0 Å². The van der Waals surface area contributed by atoms with E-state index in [0.29, 0.717) is 19.1 Å². The molecule has 4 rings (SSSR count). The first-order valence-corrected chi connectivity index (χ1v) is 10.9. The number of ether oxygens (including phenoxy) is 1. The summed E-state index contributed by atoms with van der Waals surface area (Å²) in [6.45, 7) is 8.91. The molecule has 1 aliphatic heterocycles. The van der Waals surface area contributed by atoms with Crippen molar-refractivity contribution in [2.75, 3.05) is 19.8 Å². The summed E-state index contributed by atoms with van der Waals surface area (Å²) in [6.07, 6.45) is -0.611. The first-order chi connectivity index (χ1) is 14.8. The van der Waals surface area contributed by atoms with E-state index in [2.05, 4.69) is 43.3 Å². The van der Waals surface area contributed by atoms with Crippen LogP contribution in [0.2, 0.25) is 0 Å². The number of carboxylic acid groups (broad SMARTS) is 1. The smallest absolute Gasteiger partial charge is 0.475 e. The molecule has 7 nitrogen and oxygen atoms in total. The standard InChI is InChI=1S/C18H24N4OS.C2HF3O2/c1-2-6-23-12-16-10-21(8-15-5-7-24-13-15)11-17-18(16)22(20-19-17)9-14-3-4-14;3-2(4,5)1(6)7/h2,5,7,13-14,16H,1,3-4,6,8-12H2;(H,6,7). The van der Waals surface area contributed by atoms with Crippen molar-refractivity contribution in [3.8, 4) is 0 Å². The molecule has 170 valence electrons. The third-order valence-electron chi connectivity index (χ3n) is 5.00. The van der Waals surface area contributed by atoms with Crippen molar-refractivity contribution in [1.29, 1.82) is 0 Å². The highest BCUT2D eigenvalue weighted by Gasteiger charge is 2.38. The maximum absolute atomic E-state index is 10.6. The maximum atomic E-state index is 10.6. The maximum Gasteiger partial charge on any atom is 0.490 e. The van der Waals surface area contributed by atoms with Gasteiger partial charge in [-0.25, -0.2) is 9.48 Å². The molecule has 0 saturated heterocycles. The number of aromatic nitrogens is 3. The molecular weight excluding hydrogens is 433 g/mol. The van der Waals surface area contributed by atoms with Gasteiger partial charge in [0, 0.05) is 32.1 Å². The lowest BCUT2D eigenvalue weighted by Crippen LogP contribution is -2.36. The number of fused-ring (bicyclic) bond motifs is 1. The molecule has 0 spiro atoms. The molecule has 1 aliphatic carbocycles. The second-order valence-electron chi connectivity index (χ2n) is 7.67. The number of hydrogen-bond acceptors (Lipinski definition) is 6. The van der Waals surface area contributed by atoms with Crippen LogP contribution in [-0.4, -0.2) is 56.9 Å². The van der Waals surface area contributed by atoms with Crippen molar-refractivity contribution < 1.29 is 27.8 Å². The summed E-state index contributed by atoms with van der Waals surface area (Å²) in [5.74, 6) is -1.62. The fourth-order valence-electron chi connectivity index (χ4n) is 3.46. The topological polar surface area (TPSA) is 80.5 Å². The number of carboxylic acids is 1. The zero-order valence-electron chi connectivity index (χ0n) is 16.9. The number of aliphatic carboxylic acids is 1. The van der Waals surface area contributed by atoms with Gasteiger partial charge < -0.3 is 9.84 Å². The molecule has 2 aromatic rings. The van der Waals surface area contributed by atoms with Crippen LogP contribution >= 0.6 is 11.3 Å². The van der Waals surface area contributed by atoms with Gasteiger partial charge in [-0.15, -0.1) is 11.7 Å². The fraction of sp³-hybridized carbons (Fsp3) is 0.550. The van der Waals surface area contributed by atoms with E-state index in [1.54, 1.807) is 11.3 Å². The Morgan fingerprint density at radius 2 is 2.16 bits per heavy atom. The molecule has 31 heavy (non-hydrogen) atoms. The van der Waals surface area contributed by atoms with E-state index < -0.39 is 12.1 Å². The Morgan fingerprint density at radius 1 is 1.42 bits per heavy atom. The Morgan fingerprint density at radius 3 is 2.74 bits per heavy atom. The number of halogens is 3. The summed E-state index contributed by atoms with van der Waals surface area (Å²) in [4.78, 5) is 11.4. The van der Waals surface area contributed by atoms with Gasteiger partial charge in [0.2, 0.25) is 0 Å². The van der Waals surface area contributed by atoms with E-state index >= 15 is 0 Å². The summed E-state index contributed by atoms with van der Waals surface area (Å²) in [5, 5.41) is 20.4. The van der Waals surface area contributed by atoms with Gasteiger partial charge in [0.25, 0.3) is 0 Å². The van der Waals surface area contributed by atoms with Gasteiger partial charge in [-0.05, 0) is 41.1 Å². The molecule has 1 saturated carbocycles. The molecule has 2 aliphatic rings. The molecule has 1 N–H and O–H groups in total. The first-order valence-electron chi connectivity index (χ1n) is 9.92. The van der Waals surface area contributed by atoms with Crippen molar-refractivity contribution in [3.05, 3.63) is 46.4 Å². The van der Waals surface area contributed by atoms with E-state index in [4.69, 9.17) is 14.6 Å². The van der Waals surface area contributed by atoms with Gasteiger partial charge in [0.15, 0.2) is 0 Å². The van der Waals surface area contributed by atoms with Crippen LogP contribution in [0, 0.1) is 5.92 Å². The average Bonchev–Trinajstić information content (AvgIpc) is 3.19. The normalized spacial score (nSPS) is 18.7. The molecule has 1 unspecified atom stereocenters. The van der Waals surface area contributed by atoms with Crippen molar-refractivity contribution >= 4 is 17.3 Å². The highest BCUT2D eigenvalue weighted by molar-refractivity contribution is 7.07.